The lowest BCUT2D eigenvalue weighted by atomic mass is 9.77. The molecule has 242 valence electrons. The number of urea groups is 1. The third-order valence-corrected chi connectivity index (χ3v) is 10.2. The molecule has 7 heteroatoms. The Morgan fingerprint density at radius 3 is 1.70 bits per heavy atom. The molecular formula is C40H45N5O2. The average Bonchev–Trinajstić information content (AvgIpc) is 3.42. The van der Waals surface area contributed by atoms with Gasteiger partial charge in [0.25, 0.3) is 0 Å². The molecule has 0 aliphatic carbocycles. The molecule has 7 nitrogen and oxygen atoms in total. The van der Waals surface area contributed by atoms with Crippen LogP contribution in [0.25, 0.3) is 11.0 Å². The number of nitrogens with one attached hydrogen (secondary N) is 1. The van der Waals surface area contributed by atoms with E-state index >= 15 is 0 Å². The van der Waals surface area contributed by atoms with Crippen molar-refractivity contribution in [3.05, 3.63) is 142 Å². The number of piperidine rings is 2. The Hall–Kier alpha value is -4.62. The van der Waals surface area contributed by atoms with Crippen molar-refractivity contribution in [2.75, 3.05) is 32.7 Å². The van der Waals surface area contributed by atoms with Gasteiger partial charge in [-0.25, -0.2) is 9.59 Å². The van der Waals surface area contributed by atoms with Crippen molar-refractivity contribution in [3.8, 4) is 0 Å². The van der Waals surface area contributed by atoms with E-state index in [1.807, 2.05) is 80.8 Å². The van der Waals surface area contributed by atoms with Crippen LogP contribution in [0.3, 0.4) is 0 Å². The standard InChI is InChI=1S/C40H45N5O2/c46-38(41-40(32-16-5-1-6-17-32,33-18-7-2-8-19-33)34-20-9-3-10-21-34)43-30-24-35(25-31-43)45-37-23-12-11-22-36(37)44(39(45)47)29-15-28-42-26-13-4-14-27-42/h1-3,5-12,16-23,35H,4,13-15,24-31H2,(H,41,46). The van der Waals surface area contributed by atoms with Crippen LogP contribution < -0.4 is 11.0 Å². The number of para-hydroxylation sites is 2. The predicted molar refractivity (Wildman–Crippen MR) is 189 cm³/mol. The highest BCUT2D eigenvalue weighted by atomic mass is 16.2. The van der Waals surface area contributed by atoms with Crippen LogP contribution in [0.4, 0.5) is 4.79 Å². The fourth-order valence-electron chi connectivity index (χ4n) is 7.78. The molecule has 2 amide bonds. The zero-order valence-electron chi connectivity index (χ0n) is 27.1. The second kappa shape index (κ2) is 14.0. The van der Waals surface area contributed by atoms with Gasteiger partial charge in [0.05, 0.1) is 11.0 Å². The molecule has 2 saturated heterocycles. The Morgan fingerprint density at radius 2 is 1.15 bits per heavy atom. The second-order valence-corrected chi connectivity index (χ2v) is 13.0. The van der Waals surface area contributed by atoms with Crippen LogP contribution in [0.2, 0.25) is 0 Å². The molecule has 0 atom stereocenters. The molecule has 47 heavy (non-hydrogen) atoms. The number of aromatic nitrogens is 2. The van der Waals surface area contributed by atoms with Crippen LogP contribution in [-0.4, -0.2) is 57.7 Å². The third kappa shape index (κ3) is 6.24. The number of nitrogens with zero attached hydrogens (tertiary/aromatic N) is 4. The monoisotopic (exact) mass is 627 g/mol. The molecule has 1 aromatic heterocycles. The molecule has 4 aromatic carbocycles. The second-order valence-electron chi connectivity index (χ2n) is 13.0. The maximum Gasteiger partial charge on any atom is 0.329 e. The number of amides is 2. The van der Waals surface area contributed by atoms with E-state index in [0.29, 0.717) is 13.1 Å². The maximum absolute atomic E-state index is 14.2. The number of benzene rings is 4. The fraction of sp³-hybridized carbons (Fsp3) is 0.350. The van der Waals surface area contributed by atoms with Crippen molar-refractivity contribution in [3.63, 3.8) is 0 Å². The minimum atomic E-state index is -0.865. The maximum atomic E-state index is 14.2. The number of imidazole rings is 1. The summed E-state index contributed by atoms with van der Waals surface area (Å²) >= 11 is 0. The van der Waals surface area contributed by atoms with E-state index in [1.165, 1.54) is 32.4 Å². The van der Waals surface area contributed by atoms with Gasteiger partial charge in [0.1, 0.15) is 5.54 Å². The van der Waals surface area contributed by atoms with Gasteiger partial charge in [-0.15, -0.1) is 0 Å². The van der Waals surface area contributed by atoms with Gasteiger partial charge in [0.2, 0.25) is 0 Å². The molecule has 0 bridgehead atoms. The zero-order valence-corrected chi connectivity index (χ0v) is 27.1. The molecule has 7 rings (SSSR count). The van der Waals surface area contributed by atoms with Crippen molar-refractivity contribution in [1.82, 2.24) is 24.3 Å². The van der Waals surface area contributed by atoms with Crippen LogP contribution in [0.1, 0.15) is 61.3 Å². The summed E-state index contributed by atoms with van der Waals surface area (Å²) in [6.07, 6.45) is 6.31. The Kier molecular flexibility index (Phi) is 9.25. The number of hydrogen-bond donors (Lipinski definition) is 1. The van der Waals surface area contributed by atoms with Crippen LogP contribution in [-0.2, 0) is 12.1 Å². The van der Waals surface area contributed by atoms with E-state index in [0.717, 1.165) is 60.1 Å². The topological polar surface area (TPSA) is 62.5 Å². The Bertz CT molecular complexity index is 1720. The molecule has 5 aromatic rings. The first kappa shape index (κ1) is 31.0. The smallest absolute Gasteiger partial charge is 0.325 e. The van der Waals surface area contributed by atoms with Crippen LogP contribution in [0.15, 0.2) is 120 Å². The van der Waals surface area contributed by atoms with Gasteiger partial charge in [0, 0.05) is 25.7 Å². The van der Waals surface area contributed by atoms with Crippen molar-refractivity contribution < 1.29 is 4.79 Å². The number of carbonyl (C=O) groups excluding carboxylic acids is 1. The van der Waals surface area contributed by atoms with Crippen molar-refractivity contribution in [2.24, 2.45) is 0 Å². The predicted octanol–water partition coefficient (Wildman–Crippen LogP) is 7.02. The van der Waals surface area contributed by atoms with Gasteiger partial charge < -0.3 is 15.1 Å². The third-order valence-electron chi connectivity index (χ3n) is 10.2. The van der Waals surface area contributed by atoms with Gasteiger partial charge in [-0.2, -0.15) is 0 Å². The SMILES string of the molecule is O=C(NC(c1ccccc1)(c1ccccc1)c1ccccc1)N1CCC(n2c(=O)n(CCCN3CCCCC3)c3ccccc32)CC1. The molecular weight excluding hydrogens is 582 g/mol. The van der Waals surface area contributed by atoms with Gasteiger partial charge in [-0.05, 0) is 80.6 Å². The van der Waals surface area contributed by atoms with Crippen LogP contribution in [0, 0.1) is 0 Å². The van der Waals surface area contributed by atoms with Crippen LogP contribution in [0.5, 0.6) is 0 Å². The molecule has 2 aliphatic rings. The van der Waals surface area contributed by atoms with Gasteiger partial charge in [0.15, 0.2) is 0 Å². The zero-order chi connectivity index (χ0) is 32.1. The number of rotatable bonds is 9. The number of hydrogen-bond acceptors (Lipinski definition) is 3. The van der Waals surface area contributed by atoms with Gasteiger partial charge in [-0.1, -0.05) is 110 Å². The lowest BCUT2D eigenvalue weighted by molar-refractivity contribution is 0.165. The summed E-state index contributed by atoms with van der Waals surface area (Å²) in [5.41, 5.74) is 4.21. The molecule has 1 N–H and O–H groups in total. The molecule has 0 radical (unpaired) electrons. The summed E-state index contributed by atoms with van der Waals surface area (Å²) in [4.78, 5) is 32.7. The van der Waals surface area contributed by atoms with Crippen molar-refractivity contribution in [2.45, 2.75) is 56.7 Å². The van der Waals surface area contributed by atoms with E-state index < -0.39 is 5.54 Å². The molecule has 2 aliphatic heterocycles. The average molecular weight is 628 g/mol. The summed E-state index contributed by atoms with van der Waals surface area (Å²) in [6.45, 7) is 5.26. The number of aryl methyl sites for hydroxylation is 1. The Balaban J connectivity index is 1.11. The highest BCUT2D eigenvalue weighted by Gasteiger charge is 2.39. The summed E-state index contributed by atoms with van der Waals surface area (Å²) in [7, 11) is 0. The summed E-state index contributed by atoms with van der Waals surface area (Å²) in [6, 6.07) is 38.8. The lowest BCUT2D eigenvalue weighted by Gasteiger charge is -2.40. The first-order valence-corrected chi connectivity index (χ1v) is 17.3. The highest BCUT2D eigenvalue weighted by Crippen LogP contribution is 2.37. The van der Waals surface area contributed by atoms with E-state index in [-0.39, 0.29) is 17.8 Å². The van der Waals surface area contributed by atoms with Crippen molar-refractivity contribution >= 4 is 17.1 Å². The Labute approximate surface area is 277 Å². The Morgan fingerprint density at radius 1 is 0.638 bits per heavy atom. The lowest BCUT2D eigenvalue weighted by Crippen LogP contribution is -2.54. The van der Waals surface area contributed by atoms with Crippen molar-refractivity contribution in [1.29, 1.82) is 0 Å². The van der Waals surface area contributed by atoms with E-state index in [2.05, 4.69) is 58.7 Å². The highest BCUT2D eigenvalue weighted by molar-refractivity contribution is 5.78. The van der Waals surface area contributed by atoms with Gasteiger partial charge >= 0.3 is 11.7 Å². The summed E-state index contributed by atoms with van der Waals surface area (Å²) < 4.78 is 3.99. The molecule has 0 saturated carbocycles. The summed E-state index contributed by atoms with van der Waals surface area (Å²) in [5.74, 6) is 0. The van der Waals surface area contributed by atoms with E-state index in [1.54, 1.807) is 0 Å². The first-order valence-electron chi connectivity index (χ1n) is 17.3. The van der Waals surface area contributed by atoms with Gasteiger partial charge in [-0.3, -0.25) is 9.13 Å². The molecule has 2 fully saturated rings. The first-order chi connectivity index (χ1) is 23.1. The minimum Gasteiger partial charge on any atom is -0.325 e. The minimum absolute atomic E-state index is 0.0434. The molecule has 3 heterocycles. The molecule has 0 spiro atoms. The van der Waals surface area contributed by atoms with E-state index in [9.17, 15) is 9.59 Å². The summed E-state index contributed by atoms with van der Waals surface area (Å²) in [5, 5.41) is 3.51. The quantitative estimate of drug-likeness (QED) is 0.179. The number of likely N-dealkylation sites (tertiary alicyclic amines) is 2. The molecule has 0 unspecified atom stereocenters. The van der Waals surface area contributed by atoms with Crippen LogP contribution >= 0.6 is 0 Å². The number of carbonyl (C=O) groups is 1. The normalized spacial score (nSPS) is 16.4. The fourth-order valence-corrected chi connectivity index (χ4v) is 7.78. The van der Waals surface area contributed by atoms with E-state index in [4.69, 9.17) is 0 Å². The largest absolute Gasteiger partial charge is 0.329 e. The number of fused-ring (bicyclic) bond motifs is 1.